The molecule has 0 atom stereocenters. The lowest BCUT2D eigenvalue weighted by Crippen LogP contribution is -1.96. The van der Waals surface area contributed by atoms with Gasteiger partial charge in [-0.05, 0) is 38.4 Å². The molecule has 2 N–H and O–H groups in total. The molecule has 0 aromatic carbocycles. The zero-order valence-corrected chi connectivity index (χ0v) is 9.86. The van der Waals surface area contributed by atoms with Crippen LogP contribution in [0.25, 0.3) is 0 Å². The Morgan fingerprint density at radius 1 is 1.43 bits per heavy atom. The Hall–Kier alpha value is -0.600. The van der Waals surface area contributed by atoms with Crippen LogP contribution in [0, 0.1) is 0 Å². The first-order chi connectivity index (χ1) is 6.76. The SMILES string of the molecule is CCc1ccc(CC(C)=CCCN)s1. The molecule has 2 heteroatoms. The van der Waals surface area contributed by atoms with Crippen LogP contribution in [-0.2, 0) is 12.8 Å². The fraction of sp³-hybridized carbons (Fsp3) is 0.500. The summed E-state index contributed by atoms with van der Waals surface area (Å²) < 4.78 is 0. The minimum atomic E-state index is 0.752. The van der Waals surface area contributed by atoms with Crippen molar-refractivity contribution in [1.29, 1.82) is 0 Å². The maximum absolute atomic E-state index is 5.45. The molecule has 0 aliphatic carbocycles. The van der Waals surface area contributed by atoms with Crippen LogP contribution < -0.4 is 5.73 Å². The van der Waals surface area contributed by atoms with Crippen LogP contribution in [0.15, 0.2) is 23.8 Å². The Kier molecular flexibility index (Phi) is 4.91. The molecule has 1 nitrogen and oxygen atoms in total. The summed E-state index contributed by atoms with van der Waals surface area (Å²) in [7, 11) is 0. The highest BCUT2D eigenvalue weighted by molar-refractivity contribution is 7.12. The van der Waals surface area contributed by atoms with Crippen molar-refractivity contribution in [2.45, 2.75) is 33.1 Å². The highest BCUT2D eigenvalue weighted by Gasteiger charge is 1.99. The van der Waals surface area contributed by atoms with Crippen molar-refractivity contribution in [2.24, 2.45) is 5.73 Å². The maximum atomic E-state index is 5.45. The highest BCUT2D eigenvalue weighted by Crippen LogP contribution is 2.19. The molecule has 0 bridgehead atoms. The van der Waals surface area contributed by atoms with Gasteiger partial charge in [-0.25, -0.2) is 0 Å². The summed E-state index contributed by atoms with van der Waals surface area (Å²) in [4.78, 5) is 2.94. The van der Waals surface area contributed by atoms with Gasteiger partial charge in [0, 0.05) is 16.2 Å². The summed E-state index contributed by atoms with van der Waals surface area (Å²) in [5.41, 5.74) is 6.88. The molecule has 0 saturated carbocycles. The Labute approximate surface area is 90.6 Å². The monoisotopic (exact) mass is 209 g/mol. The second-order valence-electron chi connectivity index (χ2n) is 3.53. The molecule has 0 fully saturated rings. The van der Waals surface area contributed by atoms with Crippen molar-refractivity contribution in [3.63, 3.8) is 0 Å². The standard InChI is InChI=1S/C12H19NS/c1-3-11-6-7-12(14-11)9-10(2)5-4-8-13/h5-7H,3-4,8-9,13H2,1-2H3. The van der Waals surface area contributed by atoms with Gasteiger partial charge in [0.05, 0.1) is 0 Å². The number of rotatable bonds is 5. The van der Waals surface area contributed by atoms with Crippen LogP contribution in [0.4, 0.5) is 0 Å². The minimum Gasteiger partial charge on any atom is -0.330 e. The zero-order chi connectivity index (χ0) is 10.4. The quantitative estimate of drug-likeness (QED) is 0.741. The molecule has 1 heterocycles. The van der Waals surface area contributed by atoms with Gasteiger partial charge in [-0.2, -0.15) is 0 Å². The van der Waals surface area contributed by atoms with Gasteiger partial charge >= 0.3 is 0 Å². The van der Waals surface area contributed by atoms with E-state index in [1.54, 1.807) is 0 Å². The first-order valence-corrected chi connectivity index (χ1v) is 6.01. The molecule has 1 rings (SSSR count). The first-order valence-electron chi connectivity index (χ1n) is 5.19. The van der Waals surface area contributed by atoms with Gasteiger partial charge in [0.25, 0.3) is 0 Å². The van der Waals surface area contributed by atoms with E-state index in [4.69, 9.17) is 5.73 Å². The molecule has 0 saturated heterocycles. The second kappa shape index (κ2) is 5.99. The fourth-order valence-corrected chi connectivity index (χ4v) is 2.44. The van der Waals surface area contributed by atoms with Gasteiger partial charge in [-0.15, -0.1) is 11.3 Å². The fourth-order valence-electron chi connectivity index (χ4n) is 1.38. The van der Waals surface area contributed by atoms with Crippen molar-refractivity contribution in [3.8, 4) is 0 Å². The van der Waals surface area contributed by atoms with Gasteiger partial charge < -0.3 is 5.73 Å². The molecule has 0 aliphatic heterocycles. The Balaban J connectivity index is 2.51. The second-order valence-corrected chi connectivity index (χ2v) is 4.78. The molecular weight excluding hydrogens is 190 g/mol. The normalized spacial score (nSPS) is 12.1. The topological polar surface area (TPSA) is 26.0 Å². The van der Waals surface area contributed by atoms with E-state index in [0.29, 0.717) is 0 Å². The number of hydrogen-bond acceptors (Lipinski definition) is 2. The predicted molar refractivity (Wildman–Crippen MR) is 64.8 cm³/mol. The van der Waals surface area contributed by atoms with Gasteiger partial charge in [0.1, 0.15) is 0 Å². The van der Waals surface area contributed by atoms with Crippen LogP contribution in [-0.4, -0.2) is 6.54 Å². The van der Waals surface area contributed by atoms with E-state index < -0.39 is 0 Å². The third-order valence-corrected chi connectivity index (χ3v) is 3.41. The molecule has 0 spiro atoms. The Bertz CT molecular complexity index is 299. The van der Waals surface area contributed by atoms with Crippen molar-refractivity contribution >= 4 is 11.3 Å². The lowest BCUT2D eigenvalue weighted by atomic mass is 10.1. The molecule has 1 aromatic rings. The Morgan fingerprint density at radius 3 is 2.71 bits per heavy atom. The summed E-state index contributed by atoms with van der Waals surface area (Å²) in [5, 5.41) is 0. The molecule has 0 radical (unpaired) electrons. The van der Waals surface area contributed by atoms with E-state index in [1.807, 2.05) is 11.3 Å². The molecule has 78 valence electrons. The zero-order valence-electron chi connectivity index (χ0n) is 9.05. The largest absolute Gasteiger partial charge is 0.330 e. The number of aryl methyl sites for hydroxylation is 1. The van der Waals surface area contributed by atoms with E-state index in [-0.39, 0.29) is 0 Å². The summed E-state index contributed by atoms with van der Waals surface area (Å²) in [6.07, 6.45) is 5.48. The molecule has 0 unspecified atom stereocenters. The minimum absolute atomic E-state index is 0.752. The molecule has 14 heavy (non-hydrogen) atoms. The van der Waals surface area contributed by atoms with Crippen LogP contribution in [0.2, 0.25) is 0 Å². The highest BCUT2D eigenvalue weighted by atomic mass is 32.1. The summed E-state index contributed by atoms with van der Waals surface area (Å²) in [6, 6.07) is 4.47. The third kappa shape index (κ3) is 3.64. The summed E-state index contributed by atoms with van der Waals surface area (Å²) in [6.45, 7) is 5.13. The average molecular weight is 209 g/mol. The lowest BCUT2D eigenvalue weighted by molar-refractivity contribution is 0.984. The predicted octanol–water partition coefficient (Wildman–Crippen LogP) is 3.15. The number of allylic oxidation sites excluding steroid dienone is 1. The van der Waals surface area contributed by atoms with E-state index >= 15 is 0 Å². The van der Waals surface area contributed by atoms with Crippen molar-refractivity contribution < 1.29 is 0 Å². The molecule has 0 aliphatic rings. The van der Waals surface area contributed by atoms with Crippen molar-refractivity contribution in [2.75, 3.05) is 6.54 Å². The van der Waals surface area contributed by atoms with E-state index in [9.17, 15) is 0 Å². The lowest BCUT2D eigenvalue weighted by Gasteiger charge is -1.97. The number of hydrogen-bond donors (Lipinski definition) is 1. The van der Waals surface area contributed by atoms with E-state index in [1.165, 1.54) is 15.3 Å². The summed E-state index contributed by atoms with van der Waals surface area (Å²) in [5.74, 6) is 0. The van der Waals surface area contributed by atoms with Crippen LogP contribution in [0.5, 0.6) is 0 Å². The third-order valence-electron chi connectivity index (χ3n) is 2.18. The first kappa shape index (κ1) is 11.5. The van der Waals surface area contributed by atoms with Gasteiger partial charge in [-0.1, -0.05) is 18.6 Å². The van der Waals surface area contributed by atoms with Crippen LogP contribution >= 0.6 is 11.3 Å². The van der Waals surface area contributed by atoms with Gasteiger partial charge in [0.15, 0.2) is 0 Å². The maximum Gasteiger partial charge on any atom is 0.00885 e. The number of nitrogens with two attached hydrogens (primary N) is 1. The van der Waals surface area contributed by atoms with Crippen molar-refractivity contribution in [3.05, 3.63) is 33.5 Å². The smallest absolute Gasteiger partial charge is 0.00885 e. The van der Waals surface area contributed by atoms with E-state index in [2.05, 4.69) is 32.1 Å². The number of thiophene rings is 1. The average Bonchev–Trinajstić information content (AvgIpc) is 2.62. The Morgan fingerprint density at radius 2 is 2.14 bits per heavy atom. The van der Waals surface area contributed by atoms with E-state index in [0.717, 1.165) is 25.8 Å². The molecule has 0 amide bonds. The van der Waals surface area contributed by atoms with Crippen molar-refractivity contribution in [1.82, 2.24) is 0 Å². The molecule has 1 aromatic heterocycles. The van der Waals surface area contributed by atoms with Gasteiger partial charge in [-0.3, -0.25) is 0 Å². The summed E-state index contributed by atoms with van der Waals surface area (Å²) >= 11 is 1.92. The molecular formula is C12H19NS. The van der Waals surface area contributed by atoms with Gasteiger partial charge in [0.2, 0.25) is 0 Å². The van der Waals surface area contributed by atoms with Crippen LogP contribution in [0.1, 0.15) is 30.0 Å². The van der Waals surface area contributed by atoms with Crippen LogP contribution in [0.3, 0.4) is 0 Å².